The summed E-state index contributed by atoms with van der Waals surface area (Å²) in [4.78, 5) is 73.7. The van der Waals surface area contributed by atoms with E-state index in [1.54, 1.807) is 38.1 Å². The van der Waals surface area contributed by atoms with Crippen LogP contribution in [-0.2, 0) is 35.2 Å². The van der Waals surface area contributed by atoms with Gasteiger partial charge in [0.25, 0.3) is 0 Å². The van der Waals surface area contributed by atoms with E-state index in [0.717, 1.165) is 17.6 Å². The molecule has 9 N–H and O–H groups in total. The molecule has 1 aromatic rings. The van der Waals surface area contributed by atoms with Gasteiger partial charge < -0.3 is 56.7 Å². The molecule has 1 fully saturated rings. The molecule has 1 aromatic carbocycles. The van der Waals surface area contributed by atoms with Crippen LogP contribution in [0.25, 0.3) is 0 Å². The monoisotopic (exact) mass is 904 g/mol. The summed E-state index contributed by atoms with van der Waals surface area (Å²) in [6.45, 7) is 13.3. The van der Waals surface area contributed by atoms with Crippen molar-refractivity contribution in [3.63, 3.8) is 0 Å². The predicted molar refractivity (Wildman–Crippen MR) is 247 cm³/mol. The minimum Gasteiger partial charge on any atom is -0.465 e. The van der Waals surface area contributed by atoms with Crippen molar-refractivity contribution in [1.29, 1.82) is 0 Å². The third kappa shape index (κ3) is 19.6. The second-order valence-electron chi connectivity index (χ2n) is 16.9. The van der Waals surface area contributed by atoms with Gasteiger partial charge >= 0.3 is 24.2 Å². The number of aliphatic hydroxyl groups excluding tert-OH is 1. The molecule has 0 aliphatic carbocycles. The Morgan fingerprint density at radius 2 is 1.74 bits per heavy atom. The van der Waals surface area contributed by atoms with Crippen LogP contribution >= 0.6 is 0 Å². The third-order valence-corrected chi connectivity index (χ3v) is 10.8. The summed E-state index contributed by atoms with van der Waals surface area (Å²) in [6.07, 6.45) is 16.8. The number of carbonyl (C=O) groups is 6. The highest BCUT2D eigenvalue weighted by atomic mass is 16.6. The molecule has 65 heavy (non-hydrogen) atoms. The number of rotatable bonds is 22. The topological polar surface area (TPSA) is 257 Å². The average molecular weight is 905 g/mol. The number of aliphatic hydroxyl groups is 1. The van der Waals surface area contributed by atoms with Gasteiger partial charge in [0.1, 0.15) is 24.8 Å². The maximum atomic E-state index is 13.4. The number of anilines is 1. The van der Waals surface area contributed by atoms with Gasteiger partial charge in [0, 0.05) is 37.1 Å². The molecular formula is C48H68N6O11. The Hall–Kier alpha value is -6.20. The quantitative estimate of drug-likeness (QED) is 0.0286. The zero-order valence-electron chi connectivity index (χ0n) is 38.5. The number of hydrogen-bond donors (Lipinski definition) is 8. The van der Waals surface area contributed by atoms with Crippen molar-refractivity contribution in [2.75, 3.05) is 11.9 Å². The number of nitrogens with two attached hydrogens (primary N) is 1. The number of alkyl carbamates (subject to hydrolysis) is 1. The highest BCUT2D eigenvalue weighted by Crippen LogP contribution is 2.29. The Kier molecular flexibility index (Phi) is 22.2. The number of benzene rings is 1. The van der Waals surface area contributed by atoms with Gasteiger partial charge in [-0.05, 0) is 75.6 Å². The lowest BCUT2D eigenvalue weighted by atomic mass is 9.87. The molecule has 17 heteroatoms. The molecule has 0 saturated carbocycles. The second kappa shape index (κ2) is 27.2. The fourth-order valence-corrected chi connectivity index (χ4v) is 7.31. The molecule has 356 valence electrons. The number of carboxylic acid groups (broad SMARTS) is 1. The van der Waals surface area contributed by atoms with Crippen LogP contribution in [0.1, 0.15) is 86.1 Å². The van der Waals surface area contributed by atoms with Crippen molar-refractivity contribution >= 4 is 41.7 Å². The minimum absolute atomic E-state index is 0.108. The van der Waals surface area contributed by atoms with E-state index in [4.69, 9.17) is 19.9 Å². The lowest BCUT2D eigenvalue weighted by Crippen LogP contribution is -2.54. The van der Waals surface area contributed by atoms with Crippen molar-refractivity contribution in [1.82, 2.24) is 21.3 Å². The Morgan fingerprint density at radius 1 is 1.02 bits per heavy atom. The third-order valence-electron chi connectivity index (χ3n) is 10.8. The first kappa shape index (κ1) is 53.1. The molecule has 3 rings (SSSR count). The Labute approximate surface area is 382 Å². The fraction of sp³-hybridized carbons (Fsp3) is 0.500. The van der Waals surface area contributed by atoms with E-state index >= 15 is 0 Å². The summed E-state index contributed by atoms with van der Waals surface area (Å²) in [5, 5.41) is 33.1. The zero-order valence-corrected chi connectivity index (χ0v) is 38.5. The zero-order chi connectivity index (χ0) is 48.1. The van der Waals surface area contributed by atoms with E-state index in [1.807, 2.05) is 76.3 Å². The van der Waals surface area contributed by atoms with Gasteiger partial charge in [0.15, 0.2) is 0 Å². The van der Waals surface area contributed by atoms with Gasteiger partial charge in [-0.15, -0.1) is 0 Å². The molecule has 1 saturated heterocycles. The molecule has 0 radical (unpaired) electrons. The van der Waals surface area contributed by atoms with Crippen molar-refractivity contribution in [2.24, 2.45) is 23.5 Å². The van der Waals surface area contributed by atoms with Gasteiger partial charge in [0.2, 0.25) is 11.8 Å². The Bertz CT molecular complexity index is 1960. The first-order valence-electron chi connectivity index (χ1n) is 22.0. The standard InChI is InChI=1S/C48H68N6O11/c1-8-12-40-33(7)39(55)27-41(65-40)37(15-9-13-30(4)25-32(6)26-31(5)18-23-36-14-10-17-42(56)64-36)53-48(62)63-28-34-19-21-35(22-20-34)51-44(57)38(16-11-24-50-46(49)59)52-45(58)43(29(2)3)54-47(60)61/h8-10,12-13,15,17-23,26,29,32-33,36-41,43,54-55H,11,14,16,24-25,27-28H2,1-7H3,(H,51,57)(H,52,58)(H,53,62)(H,60,61)(H3,49,50,59)/b12-8+,15-9+,23-18+,30-13+,31-26-/t32-,33+,36-,37-,38+,39-,40+,41+,43+/m1/s1. The van der Waals surface area contributed by atoms with Gasteiger partial charge in [-0.25, -0.2) is 19.2 Å². The number of nitrogens with one attached hydrogen (secondary N) is 5. The molecule has 2 aliphatic rings. The summed E-state index contributed by atoms with van der Waals surface area (Å²) in [5.41, 5.74) is 8.29. The predicted octanol–water partition coefficient (Wildman–Crippen LogP) is 6.08. The summed E-state index contributed by atoms with van der Waals surface area (Å²) >= 11 is 0. The summed E-state index contributed by atoms with van der Waals surface area (Å²) < 4.78 is 17.3. The number of ether oxygens (including phenoxy) is 3. The highest BCUT2D eigenvalue weighted by Gasteiger charge is 2.37. The molecule has 6 amide bonds. The molecule has 0 bridgehead atoms. The molecule has 2 aliphatic heterocycles. The first-order chi connectivity index (χ1) is 30.8. The maximum Gasteiger partial charge on any atom is 0.408 e. The molecule has 0 unspecified atom stereocenters. The van der Waals surface area contributed by atoms with Crippen LogP contribution in [0.15, 0.2) is 96.2 Å². The van der Waals surface area contributed by atoms with Crippen LogP contribution in [-0.4, -0.2) is 95.3 Å². The van der Waals surface area contributed by atoms with Crippen LogP contribution in [0, 0.1) is 17.8 Å². The summed E-state index contributed by atoms with van der Waals surface area (Å²) in [7, 11) is 0. The van der Waals surface area contributed by atoms with E-state index in [1.165, 1.54) is 6.08 Å². The molecule has 9 atom stereocenters. The number of amides is 6. The van der Waals surface area contributed by atoms with E-state index < -0.39 is 66.3 Å². The van der Waals surface area contributed by atoms with Crippen LogP contribution in [0.2, 0.25) is 0 Å². The van der Waals surface area contributed by atoms with E-state index in [0.29, 0.717) is 17.7 Å². The minimum atomic E-state index is -1.38. The van der Waals surface area contributed by atoms with Gasteiger partial charge in [-0.2, -0.15) is 0 Å². The number of esters is 1. The molecule has 17 nitrogen and oxygen atoms in total. The highest BCUT2D eigenvalue weighted by molar-refractivity contribution is 5.98. The summed E-state index contributed by atoms with van der Waals surface area (Å²) in [5.74, 6) is -1.93. The fourth-order valence-electron chi connectivity index (χ4n) is 7.31. The number of carbonyl (C=O) groups excluding carboxylic acids is 5. The number of urea groups is 1. The van der Waals surface area contributed by atoms with Crippen LogP contribution in [0.5, 0.6) is 0 Å². The lowest BCUT2D eigenvalue weighted by Gasteiger charge is -2.39. The van der Waals surface area contributed by atoms with Crippen molar-refractivity contribution in [3.05, 3.63) is 102 Å². The Morgan fingerprint density at radius 3 is 2.38 bits per heavy atom. The van der Waals surface area contributed by atoms with E-state index in [2.05, 4.69) is 39.6 Å². The molecule has 2 heterocycles. The molecular weight excluding hydrogens is 837 g/mol. The van der Waals surface area contributed by atoms with Gasteiger partial charge in [-0.3, -0.25) is 9.59 Å². The Balaban J connectivity index is 1.66. The van der Waals surface area contributed by atoms with Gasteiger partial charge in [0.05, 0.1) is 24.4 Å². The van der Waals surface area contributed by atoms with Crippen LogP contribution < -0.4 is 32.3 Å². The largest absolute Gasteiger partial charge is 0.465 e. The number of hydrogen-bond acceptors (Lipinski definition) is 10. The number of cyclic esters (lactones) is 1. The molecule has 0 aromatic heterocycles. The smallest absolute Gasteiger partial charge is 0.408 e. The SMILES string of the molecule is C/C=C/[C@@H]1O[C@H]([C@@H](/C=C/C=C(\C)C[C@@H](C)/C=C(C)\C=C\[C@H]2CC=CC(=O)O2)NC(=O)OCc2ccc(NC(=O)[C@H](CCCNC(N)=O)NC(=O)[C@@H](NC(=O)O)C(C)C)cc2)C[C@@H](O)[C@@H]1C. The summed E-state index contributed by atoms with van der Waals surface area (Å²) in [6, 6.07) is 2.95. The van der Waals surface area contributed by atoms with Gasteiger partial charge in [-0.1, -0.05) is 99.6 Å². The van der Waals surface area contributed by atoms with Crippen molar-refractivity contribution in [3.8, 4) is 0 Å². The normalized spacial score (nSPS) is 22.2. The average Bonchev–Trinajstić information content (AvgIpc) is 3.23. The van der Waals surface area contributed by atoms with Crippen molar-refractivity contribution < 1.29 is 53.2 Å². The first-order valence-corrected chi connectivity index (χ1v) is 22.0. The maximum absolute atomic E-state index is 13.4. The van der Waals surface area contributed by atoms with Crippen molar-refractivity contribution in [2.45, 2.75) is 130 Å². The van der Waals surface area contributed by atoms with E-state index in [9.17, 15) is 39.0 Å². The van der Waals surface area contributed by atoms with Crippen LogP contribution in [0.4, 0.5) is 20.1 Å². The number of primary amides is 1. The van der Waals surface area contributed by atoms with Crippen LogP contribution in [0.3, 0.4) is 0 Å². The second-order valence-corrected chi connectivity index (χ2v) is 16.9. The molecule has 0 spiro atoms. The lowest BCUT2D eigenvalue weighted by molar-refractivity contribution is -0.141. The van der Waals surface area contributed by atoms with E-state index in [-0.39, 0.29) is 62.4 Å². The number of allylic oxidation sites excluding steroid dienone is 7.